The zero-order chi connectivity index (χ0) is 20.6. The summed E-state index contributed by atoms with van der Waals surface area (Å²) in [7, 11) is 0. The Morgan fingerprint density at radius 2 is 2.10 bits per heavy atom. The molecule has 2 N–H and O–H groups in total. The Labute approximate surface area is 177 Å². The Morgan fingerprint density at radius 3 is 2.83 bits per heavy atom. The maximum absolute atomic E-state index is 12.2. The Balaban J connectivity index is 1.66. The third-order valence-electron chi connectivity index (χ3n) is 5.18. The van der Waals surface area contributed by atoms with Gasteiger partial charge in [0, 0.05) is 25.3 Å². The van der Waals surface area contributed by atoms with E-state index in [9.17, 15) is 4.79 Å². The number of hydrogen-bond acceptors (Lipinski definition) is 6. The SMILES string of the molecule is CCCSc1nc(NCC(C)C)c2cnn(CCNC(=O)CC3CCCC3)c2n1. The molecule has 0 spiro atoms. The molecular weight excluding hydrogens is 384 g/mol. The summed E-state index contributed by atoms with van der Waals surface area (Å²) in [6, 6.07) is 0. The van der Waals surface area contributed by atoms with Gasteiger partial charge in [-0.15, -0.1) is 0 Å². The van der Waals surface area contributed by atoms with Crippen molar-refractivity contribution in [3.8, 4) is 0 Å². The second-order valence-corrected chi connectivity index (χ2v) is 9.35. The van der Waals surface area contributed by atoms with Crippen molar-refractivity contribution in [3.05, 3.63) is 6.20 Å². The molecule has 0 aliphatic heterocycles. The zero-order valence-electron chi connectivity index (χ0n) is 17.9. The molecule has 1 amide bonds. The van der Waals surface area contributed by atoms with E-state index < -0.39 is 0 Å². The fourth-order valence-corrected chi connectivity index (χ4v) is 4.34. The van der Waals surface area contributed by atoms with E-state index in [0.29, 0.717) is 31.3 Å². The van der Waals surface area contributed by atoms with Gasteiger partial charge in [0.05, 0.1) is 18.1 Å². The van der Waals surface area contributed by atoms with Gasteiger partial charge in [-0.3, -0.25) is 4.79 Å². The lowest BCUT2D eigenvalue weighted by atomic mass is 10.0. The fourth-order valence-electron chi connectivity index (χ4n) is 3.64. The van der Waals surface area contributed by atoms with Crippen LogP contribution in [0.5, 0.6) is 0 Å². The molecule has 0 radical (unpaired) electrons. The highest BCUT2D eigenvalue weighted by atomic mass is 32.2. The first-order valence-corrected chi connectivity index (χ1v) is 11.9. The number of fused-ring (bicyclic) bond motifs is 1. The number of anilines is 1. The molecule has 2 aromatic rings. The van der Waals surface area contributed by atoms with E-state index in [2.05, 4.69) is 36.5 Å². The second-order valence-electron chi connectivity index (χ2n) is 8.29. The first kappa shape index (κ1) is 21.9. The normalized spacial score (nSPS) is 14.8. The molecule has 0 saturated heterocycles. The van der Waals surface area contributed by atoms with Crippen LogP contribution in [0.15, 0.2) is 11.4 Å². The Hall–Kier alpha value is -1.83. The van der Waals surface area contributed by atoms with Crippen LogP contribution in [-0.2, 0) is 11.3 Å². The summed E-state index contributed by atoms with van der Waals surface area (Å²) in [6.45, 7) is 8.54. The summed E-state index contributed by atoms with van der Waals surface area (Å²) < 4.78 is 1.88. The molecule has 1 saturated carbocycles. The minimum atomic E-state index is 0.154. The lowest BCUT2D eigenvalue weighted by Gasteiger charge is -2.12. The lowest BCUT2D eigenvalue weighted by molar-refractivity contribution is -0.122. The third kappa shape index (κ3) is 6.32. The first-order chi connectivity index (χ1) is 14.1. The van der Waals surface area contributed by atoms with Gasteiger partial charge in [0.2, 0.25) is 5.91 Å². The van der Waals surface area contributed by atoms with Gasteiger partial charge < -0.3 is 10.6 Å². The molecule has 1 fully saturated rings. The molecule has 1 aliphatic carbocycles. The van der Waals surface area contributed by atoms with Gasteiger partial charge in [-0.05, 0) is 31.1 Å². The van der Waals surface area contributed by atoms with Crippen molar-refractivity contribution in [3.63, 3.8) is 0 Å². The largest absolute Gasteiger partial charge is 0.369 e. The summed E-state index contributed by atoms with van der Waals surface area (Å²) >= 11 is 1.67. The van der Waals surface area contributed by atoms with Crippen LogP contribution >= 0.6 is 11.8 Å². The molecule has 8 heteroatoms. The van der Waals surface area contributed by atoms with Crippen molar-refractivity contribution in [2.24, 2.45) is 11.8 Å². The number of amides is 1. The highest BCUT2D eigenvalue weighted by Crippen LogP contribution is 2.27. The number of nitrogens with one attached hydrogen (secondary N) is 2. The molecule has 0 atom stereocenters. The van der Waals surface area contributed by atoms with E-state index in [4.69, 9.17) is 9.97 Å². The Kier molecular flexibility index (Phi) is 8.15. The first-order valence-electron chi connectivity index (χ1n) is 10.9. The van der Waals surface area contributed by atoms with E-state index >= 15 is 0 Å². The van der Waals surface area contributed by atoms with Gasteiger partial charge in [-0.2, -0.15) is 5.10 Å². The summed E-state index contributed by atoms with van der Waals surface area (Å²) in [5.74, 6) is 3.08. The van der Waals surface area contributed by atoms with E-state index in [1.807, 2.05) is 10.9 Å². The maximum atomic E-state index is 12.2. The molecule has 1 aliphatic rings. The summed E-state index contributed by atoms with van der Waals surface area (Å²) in [5.41, 5.74) is 0.829. The van der Waals surface area contributed by atoms with Crippen LogP contribution in [0, 0.1) is 11.8 Å². The van der Waals surface area contributed by atoms with E-state index in [-0.39, 0.29) is 5.91 Å². The summed E-state index contributed by atoms with van der Waals surface area (Å²) in [6.07, 6.45) is 8.48. The van der Waals surface area contributed by atoms with Crippen LogP contribution in [0.25, 0.3) is 11.0 Å². The number of hydrogen-bond donors (Lipinski definition) is 2. The average Bonchev–Trinajstić information content (AvgIpc) is 3.34. The Bertz CT molecular complexity index is 800. The standard InChI is InChI=1S/C21H34N6OS/c1-4-11-29-21-25-19(23-13-15(2)3)17-14-24-27(20(17)26-21)10-9-22-18(28)12-16-7-5-6-8-16/h14-16H,4-13H2,1-3H3,(H,22,28)(H,23,25,26). The third-order valence-corrected chi connectivity index (χ3v) is 6.24. The van der Waals surface area contributed by atoms with E-state index in [1.54, 1.807) is 11.8 Å². The van der Waals surface area contributed by atoms with Crippen LogP contribution in [0.3, 0.4) is 0 Å². The van der Waals surface area contributed by atoms with Crippen LogP contribution in [-0.4, -0.2) is 44.5 Å². The quantitative estimate of drug-likeness (QED) is 0.422. The number of rotatable bonds is 11. The van der Waals surface area contributed by atoms with Gasteiger partial charge in [0.1, 0.15) is 5.82 Å². The molecule has 160 valence electrons. The van der Waals surface area contributed by atoms with Gasteiger partial charge >= 0.3 is 0 Å². The van der Waals surface area contributed by atoms with E-state index in [1.165, 1.54) is 25.7 Å². The van der Waals surface area contributed by atoms with Crippen LogP contribution in [0.1, 0.15) is 59.3 Å². The smallest absolute Gasteiger partial charge is 0.220 e. The van der Waals surface area contributed by atoms with E-state index in [0.717, 1.165) is 40.7 Å². The van der Waals surface area contributed by atoms with Crippen molar-refractivity contribution in [1.82, 2.24) is 25.1 Å². The predicted octanol–water partition coefficient (Wildman–Crippen LogP) is 4.09. The van der Waals surface area contributed by atoms with Gasteiger partial charge in [0.25, 0.3) is 0 Å². The molecule has 0 bridgehead atoms. The van der Waals surface area contributed by atoms with Gasteiger partial charge in [-0.1, -0.05) is 45.4 Å². The fraction of sp³-hybridized carbons (Fsp3) is 0.714. The highest BCUT2D eigenvalue weighted by molar-refractivity contribution is 7.99. The highest BCUT2D eigenvalue weighted by Gasteiger charge is 2.18. The maximum Gasteiger partial charge on any atom is 0.220 e. The molecule has 0 aromatic carbocycles. The minimum absolute atomic E-state index is 0.154. The van der Waals surface area contributed by atoms with Crippen molar-refractivity contribution >= 4 is 34.5 Å². The van der Waals surface area contributed by atoms with Crippen molar-refractivity contribution in [2.45, 2.75) is 71.0 Å². The topological polar surface area (TPSA) is 84.7 Å². The Morgan fingerprint density at radius 1 is 1.31 bits per heavy atom. The van der Waals surface area contributed by atoms with Crippen LogP contribution in [0.4, 0.5) is 5.82 Å². The summed E-state index contributed by atoms with van der Waals surface area (Å²) in [4.78, 5) is 21.6. The zero-order valence-corrected chi connectivity index (χ0v) is 18.7. The number of aromatic nitrogens is 4. The molecule has 3 rings (SSSR count). The summed E-state index contributed by atoms with van der Waals surface area (Å²) in [5, 5.41) is 12.7. The molecule has 29 heavy (non-hydrogen) atoms. The number of carbonyl (C=O) groups excluding carboxylic acids is 1. The van der Waals surface area contributed by atoms with Crippen LogP contribution < -0.4 is 10.6 Å². The predicted molar refractivity (Wildman–Crippen MR) is 119 cm³/mol. The lowest BCUT2D eigenvalue weighted by Crippen LogP contribution is -2.28. The monoisotopic (exact) mass is 418 g/mol. The van der Waals surface area contributed by atoms with Gasteiger partial charge in [-0.25, -0.2) is 14.6 Å². The van der Waals surface area contributed by atoms with Crippen molar-refractivity contribution in [2.75, 3.05) is 24.2 Å². The van der Waals surface area contributed by atoms with Crippen molar-refractivity contribution in [1.29, 1.82) is 0 Å². The molecule has 7 nitrogen and oxygen atoms in total. The molecule has 2 aromatic heterocycles. The number of carbonyl (C=O) groups is 1. The molecular formula is C21H34N6OS. The molecule has 2 heterocycles. The number of nitrogens with zero attached hydrogens (tertiary/aromatic N) is 4. The second kappa shape index (κ2) is 10.8. The van der Waals surface area contributed by atoms with Crippen molar-refractivity contribution < 1.29 is 4.79 Å². The average molecular weight is 419 g/mol. The molecule has 0 unspecified atom stereocenters. The number of thioether (sulfide) groups is 1. The van der Waals surface area contributed by atoms with Crippen LogP contribution in [0.2, 0.25) is 0 Å². The van der Waals surface area contributed by atoms with Gasteiger partial charge in [0.15, 0.2) is 10.8 Å². The minimum Gasteiger partial charge on any atom is -0.369 e.